The Hall–Kier alpha value is -6.34. The number of hydrogen-bond donors (Lipinski definition) is 4. The molecule has 2 amide bonds. The van der Waals surface area contributed by atoms with Crippen LogP contribution in [0.1, 0.15) is 73.4 Å². The first-order chi connectivity index (χ1) is 30.7. The van der Waals surface area contributed by atoms with Crippen LogP contribution >= 0.6 is 0 Å². The molecule has 10 rings (SSSR count). The molecule has 6 atom stereocenters. The van der Waals surface area contributed by atoms with E-state index in [2.05, 4.69) is 54.4 Å². The van der Waals surface area contributed by atoms with Crippen LogP contribution in [0.25, 0.3) is 11.3 Å². The lowest BCUT2D eigenvalue weighted by molar-refractivity contribution is 0.0341. The highest BCUT2D eigenvalue weighted by molar-refractivity contribution is 6.10. The van der Waals surface area contributed by atoms with Crippen molar-refractivity contribution in [2.45, 2.75) is 89.9 Å². The van der Waals surface area contributed by atoms with Gasteiger partial charge in [-0.25, -0.2) is 19.0 Å². The number of anilines is 4. The van der Waals surface area contributed by atoms with Crippen LogP contribution in [0.4, 0.5) is 22.7 Å². The number of nitrogens with zero attached hydrogens (tertiary/aromatic N) is 8. The molecule has 4 aliphatic rings. The molecule has 0 saturated carbocycles. The number of carbonyl (C=O) groups is 2. The van der Waals surface area contributed by atoms with Crippen molar-refractivity contribution in [2.24, 2.45) is 0 Å². The quantitative estimate of drug-likeness (QED) is 0.166. The molecule has 18 heteroatoms. The van der Waals surface area contributed by atoms with E-state index in [-0.39, 0.29) is 49.3 Å². The third kappa shape index (κ3) is 8.29. The fourth-order valence-corrected chi connectivity index (χ4v) is 8.79. The summed E-state index contributed by atoms with van der Waals surface area (Å²) < 4.78 is 26.9. The smallest absolute Gasteiger partial charge is 0.261 e. The molecule has 4 aliphatic heterocycles. The number of nitrogens with one attached hydrogen (secondary N) is 2. The van der Waals surface area contributed by atoms with E-state index in [1.165, 1.54) is 12.4 Å². The molecule has 8 heterocycles. The summed E-state index contributed by atoms with van der Waals surface area (Å²) in [6, 6.07) is 11.6. The highest BCUT2D eigenvalue weighted by Crippen LogP contribution is 2.44. The van der Waals surface area contributed by atoms with Crippen LogP contribution in [0, 0.1) is 0 Å². The third-order valence-corrected chi connectivity index (χ3v) is 12.2. The minimum Gasteiger partial charge on any atom is -0.484 e. The van der Waals surface area contributed by atoms with Crippen molar-refractivity contribution in [3.8, 4) is 11.5 Å². The maximum absolute atomic E-state index is 13.2. The Morgan fingerprint density at radius 2 is 1.11 bits per heavy atom. The van der Waals surface area contributed by atoms with Crippen LogP contribution in [0.2, 0.25) is 0 Å². The van der Waals surface area contributed by atoms with Crippen molar-refractivity contribution < 1.29 is 38.7 Å². The number of ether oxygens (including phenoxy) is 4. The van der Waals surface area contributed by atoms with Crippen LogP contribution in [0.15, 0.2) is 73.6 Å². The van der Waals surface area contributed by atoms with Gasteiger partial charge < -0.3 is 49.6 Å². The second kappa shape index (κ2) is 17.0. The molecule has 0 unspecified atom stereocenters. The fraction of sp³-hybridized carbons (Fsp3) is 0.435. The zero-order valence-corrected chi connectivity index (χ0v) is 36.8. The summed E-state index contributed by atoms with van der Waals surface area (Å²) in [6.07, 6.45) is 11.1. The SMILES string of the molecule is C[C@H]1CN(c2cc3c(cc2NC(=O)c2cnn4cccnc24)C[C@@](C)(CO)O3)[C@@H](C)CO1.C[C@H]1CN(c2cc3c(cc2NC(=O)c2cnn4cccnc24)C[C@](C)(CO)O3)[C@@H](C)CO1. The van der Waals surface area contributed by atoms with Gasteiger partial charge in [0.25, 0.3) is 11.8 Å². The summed E-state index contributed by atoms with van der Waals surface area (Å²) in [5.41, 5.74) is 5.48. The van der Waals surface area contributed by atoms with Gasteiger partial charge >= 0.3 is 0 Å². The molecule has 336 valence electrons. The molecule has 0 spiro atoms. The Morgan fingerprint density at radius 3 is 1.52 bits per heavy atom. The number of aliphatic hydroxyl groups is 2. The van der Waals surface area contributed by atoms with Crippen molar-refractivity contribution >= 4 is 45.9 Å². The molecule has 2 fully saturated rings. The molecular weight excluding hydrogens is 821 g/mol. The van der Waals surface area contributed by atoms with Crippen LogP contribution in [0.3, 0.4) is 0 Å². The van der Waals surface area contributed by atoms with Gasteiger partial charge in [-0.05, 0) is 65.8 Å². The Labute approximate surface area is 370 Å². The summed E-state index contributed by atoms with van der Waals surface area (Å²) in [5, 5.41) is 34.2. The second-order valence-electron chi connectivity index (χ2n) is 17.8. The monoisotopic (exact) mass is 874 g/mol. The van der Waals surface area contributed by atoms with Crippen molar-refractivity contribution in [3.05, 3.63) is 95.8 Å². The largest absolute Gasteiger partial charge is 0.484 e. The van der Waals surface area contributed by atoms with E-state index >= 15 is 0 Å². The fourth-order valence-electron chi connectivity index (χ4n) is 8.79. The molecule has 0 radical (unpaired) electrons. The van der Waals surface area contributed by atoms with Gasteiger partial charge in [0.2, 0.25) is 0 Å². The minimum atomic E-state index is -0.668. The first kappa shape index (κ1) is 42.9. The minimum absolute atomic E-state index is 0.0652. The highest BCUT2D eigenvalue weighted by Gasteiger charge is 2.38. The number of aliphatic hydroxyl groups excluding tert-OH is 2. The predicted molar refractivity (Wildman–Crippen MR) is 239 cm³/mol. The first-order valence-corrected chi connectivity index (χ1v) is 21.6. The molecule has 2 aromatic carbocycles. The lowest BCUT2D eigenvalue weighted by Gasteiger charge is -2.39. The molecule has 4 N–H and O–H groups in total. The predicted octanol–water partition coefficient (Wildman–Crippen LogP) is 4.56. The van der Waals surface area contributed by atoms with Crippen molar-refractivity contribution in [1.82, 2.24) is 29.2 Å². The summed E-state index contributed by atoms with van der Waals surface area (Å²) in [6.45, 7) is 14.4. The maximum Gasteiger partial charge on any atom is 0.261 e. The number of amides is 2. The van der Waals surface area contributed by atoms with E-state index in [1.807, 2.05) is 52.0 Å². The summed E-state index contributed by atoms with van der Waals surface area (Å²) >= 11 is 0. The highest BCUT2D eigenvalue weighted by atomic mass is 16.5. The van der Waals surface area contributed by atoms with Gasteiger partial charge in [-0.2, -0.15) is 10.2 Å². The normalized spacial score (nSPS) is 24.9. The van der Waals surface area contributed by atoms with E-state index in [0.29, 0.717) is 72.9 Å². The molecule has 18 nitrogen and oxygen atoms in total. The number of hydrogen-bond acceptors (Lipinski definition) is 14. The van der Waals surface area contributed by atoms with E-state index < -0.39 is 11.2 Å². The Balaban J connectivity index is 0.000000162. The van der Waals surface area contributed by atoms with Gasteiger partial charge in [0.05, 0.1) is 73.8 Å². The molecule has 0 aliphatic carbocycles. The summed E-state index contributed by atoms with van der Waals surface area (Å²) in [4.78, 5) is 39.5. The van der Waals surface area contributed by atoms with Crippen LogP contribution in [-0.4, -0.2) is 126 Å². The molecule has 6 aromatic rings. The van der Waals surface area contributed by atoms with Gasteiger partial charge in [-0.15, -0.1) is 0 Å². The zero-order chi connectivity index (χ0) is 44.9. The standard InChI is InChI=1S/2C23H27N5O4/c2*1-14-12-31-15(2)11-27(14)19-8-20-16(9-23(3,13-29)32-20)7-18(19)26-22(30)17-10-25-28-6-4-5-24-21(17)28/h2*4-8,10,14-15,29H,9,11-13H2,1-3H3,(H,26,30)/t14-,15-,23+;14-,15-,23-/m00/s1. The molecule has 64 heavy (non-hydrogen) atoms. The Kier molecular flexibility index (Phi) is 11.4. The van der Waals surface area contributed by atoms with Gasteiger partial charge in [-0.3, -0.25) is 9.59 Å². The van der Waals surface area contributed by atoms with Crippen molar-refractivity contribution in [3.63, 3.8) is 0 Å². The third-order valence-electron chi connectivity index (χ3n) is 12.2. The Bertz CT molecular complexity index is 2540. The lowest BCUT2D eigenvalue weighted by Crippen LogP contribution is -2.47. The van der Waals surface area contributed by atoms with Gasteiger partial charge in [0.15, 0.2) is 11.3 Å². The topological polar surface area (TPSA) is 202 Å². The van der Waals surface area contributed by atoms with Gasteiger partial charge in [0.1, 0.15) is 33.8 Å². The van der Waals surface area contributed by atoms with Crippen LogP contribution in [-0.2, 0) is 22.3 Å². The Morgan fingerprint density at radius 1 is 0.688 bits per heavy atom. The van der Waals surface area contributed by atoms with E-state index in [0.717, 1.165) is 34.0 Å². The van der Waals surface area contributed by atoms with Crippen LogP contribution in [0.5, 0.6) is 11.5 Å². The number of carbonyl (C=O) groups excluding carboxylic acids is 2. The molecule has 4 aromatic heterocycles. The first-order valence-electron chi connectivity index (χ1n) is 21.6. The average molecular weight is 875 g/mol. The van der Waals surface area contributed by atoms with Crippen LogP contribution < -0.4 is 29.9 Å². The number of morpholine rings is 2. The average Bonchev–Trinajstić information content (AvgIpc) is 4.07. The van der Waals surface area contributed by atoms with Crippen molar-refractivity contribution in [1.29, 1.82) is 0 Å². The number of rotatable bonds is 8. The number of fused-ring (bicyclic) bond motifs is 4. The number of benzene rings is 2. The number of aromatic nitrogens is 6. The van der Waals surface area contributed by atoms with E-state index in [1.54, 1.807) is 46.0 Å². The molecular formula is C46H54N10O8. The molecule has 0 bridgehead atoms. The van der Waals surface area contributed by atoms with E-state index in [4.69, 9.17) is 18.9 Å². The van der Waals surface area contributed by atoms with Gasteiger partial charge in [0, 0.05) is 86.1 Å². The zero-order valence-electron chi connectivity index (χ0n) is 36.8. The maximum atomic E-state index is 13.2. The van der Waals surface area contributed by atoms with Gasteiger partial charge in [-0.1, -0.05) is 0 Å². The second-order valence-corrected chi connectivity index (χ2v) is 17.8. The lowest BCUT2D eigenvalue weighted by atomic mass is 9.99. The van der Waals surface area contributed by atoms with E-state index in [9.17, 15) is 19.8 Å². The molecule has 2 saturated heterocycles. The van der Waals surface area contributed by atoms with Crippen molar-refractivity contribution in [2.75, 3.05) is 60.0 Å². The summed E-state index contributed by atoms with van der Waals surface area (Å²) in [5.74, 6) is 0.910. The summed E-state index contributed by atoms with van der Waals surface area (Å²) in [7, 11) is 0.